The van der Waals surface area contributed by atoms with Gasteiger partial charge in [0.25, 0.3) is 0 Å². The van der Waals surface area contributed by atoms with E-state index >= 15 is 0 Å². The maximum Gasteiger partial charge on any atom is 0.199 e. The van der Waals surface area contributed by atoms with Crippen molar-refractivity contribution in [3.8, 4) is 11.4 Å². The van der Waals surface area contributed by atoms with Gasteiger partial charge in [-0.3, -0.25) is 9.88 Å². The lowest BCUT2D eigenvalue weighted by Gasteiger charge is -2.32. The van der Waals surface area contributed by atoms with Crippen molar-refractivity contribution < 1.29 is 5.11 Å². The molecular formula is C17H25N5OS. The molecule has 0 aromatic carbocycles. The average Bonchev–Trinajstić information content (AvgIpc) is 2.92. The molecule has 0 amide bonds. The highest BCUT2D eigenvalue weighted by Crippen LogP contribution is 2.22. The Morgan fingerprint density at radius 2 is 1.96 bits per heavy atom. The molecule has 0 radical (unpaired) electrons. The number of rotatable bonds is 5. The Morgan fingerprint density at radius 3 is 2.54 bits per heavy atom. The van der Waals surface area contributed by atoms with Crippen molar-refractivity contribution in [2.24, 2.45) is 5.92 Å². The summed E-state index contributed by atoms with van der Waals surface area (Å²) in [6, 6.07) is 3.92. The molecule has 0 bridgehead atoms. The topological polar surface area (TPSA) is 59.1 Å². The van der Waals surface area contributed by atoms with Crippen LogP contribution in [0.3, 0.4) is 0 Å². The van der Waals surface area contributed by atoms with Crippen LogP contribution < -0.4 is 0 Å². The Morgan fingerprint density at radius 1 is 1.29 bits per heavy atom. The second kappa shape index (κ2) is 7.55. The van der Waals surface area contributed by atoms with Crippen LogP contribution in [-0.4, -0.2) is 48.5 Å². The summed E-state index contributed by atoms with van der Waals surface area (Å²) >= 11 is 5.63. The molecular weight excluding hydrogens is 322 g/mol. The molecule has 130 valence electrons. The molecule has 1 fully saturated rings. The molecule has 0 spiro atoms. The molecule has 2 aromatic heterocycles. The van der Waals surface area contributed by atoms with E-state index in [2.05, 4.69) is 21.4 Å². The van der Waals surface area contributed by atoms with Crippen molar-refractivity contribution in [2.75, 3.05) is 13.1 Å². The lowest BCUT2D eigenvalue weighted by Crippen LogP contribution is -2.38. The Labute approximate surface area is 147 Å². The number of likely N-dealkylation sites (tertiary alicyclic amines) is 1. The van der Waals surface area contributed by atoms with Crippen LogP contribution in [0, 0.1) is 10.7 Å². The third-order valence-electron chi connectivity index (χ3n) is 4.83. The minimum Gasteiger partial charge on any atom is -0.393 e. The van der Waals surface area contributed by atoms with Crippen molar-refractivity contribution in [2.45, 2.75) is 46.0 Å². The van der Waals surface area contributed by atoms with Crippen molar-refractivity contribution in [1.29, 1.82) is 0 Å². The number of pyridine rings is 1. The predicted molar refractivity (Wildman–Crippen MR) is 95.9 cm³/mol. The van der Waals surface area contributed by atoms with E-state index in [1.54, 1.807) is 12.4 Å². The maximum absolute atomic E-state index is 9.73. The van der Waals surface area contributed by atoms with Gasteiger partial charge in [-0.05, 0) is 57.0 Å². The Bertz CT molecular complexity index is 716. The number of piperidine rings is 1. The number of hydrogen-bond acceptors (Lipinski definition) is 5. The molecule has 0 saturated carbocycles. The van der Waals surface area contributed by atoms with Gasteiger partial charge < -0.3 is 9.67 Å². The first-order chi connectivity index (χ1) is 11.6. The molecule has 1 unspecified atom stereocenters. The monoisotopic (exact) mass is 347 g/mol. The first-order valence-electron chi connectivity index (χ1n) is 8.58. The SMILES string of the molecule is CCn1c(-c2ccncc2)nn(CN2CCC(C(C)O)CC2)c1=S. The molecule has 1 saturated heterocycles. The van der Waals surface area contributed by atoms with Gasteiger partial charge in [0.15, 0.2) is 10.6 Å². The third kappa shape index (κ3) is 3.58. The predicted octanol–water partition coefficient (Wildman–Crippen LogP) is 2.55. The van der Waals surface area contributed by atoms with E-state index in [1.807, 2.05) is 23.7 Å². The van der Waals surface area contributed by atoms with Crippen molar-refractivity contribution in [3.05, 3.63) is 29.3 Å². The molecule has 1 N–H and O–H groups in total. The molecule has 0 aliphatic carbocycles. The molecule has 6 nitrogen and oxygen atoms in total. The summed E-state index contributed by atoms with van der Waals surface area (Å²) in [5.41, 5.74) is 1.03. The van der Waals surface area contributed by atoms with Gasteiger partial charge in [-0.2, -0.15) is 5.10 Å². The van der Waals surface area contributed by atoms with Gasteiger partial charge in [-0.25, -0.2) is 4.68 Å². The minimum atomic E-state index is -0.216. The number of nitrogens with zero attached hydrogens (tertiary/aromatic N) is 5. The molecule has 7 heteroatoms. The van der Waals surface area contributed by atoms with E-state index in [4.69, 9.17) is 17.3 Å². The van der Waals surface area contributed by atoms with Gasteiger partial charge in [0, 0.05) is 37.6 Å². The van der Waals surface area contributed by atoms with E-state index in [1.165, 1.54) is 0 Å². The molecule has 2 aromatic rings. The van der Waals surface area contributed by atoms with Crippen LogP contribution in [-0.2, 0) is 13.2 Å². The van der Waals surface area contributed by atoms with Crippen molar-refractivity contribution in [1.82, 2.24) is 24.2 Å². The molecule has 3 heterocycles. The zero-order chi connectivity index (χ0) is 17.1. The fourth-order valence-electron chi connectivity index (χ4n) is 3.30. The zero-order valence-electron chi connectivity index (χ0n) is 14.3. The highest BCUT2D eigenvalue weighted by molar-refractivity contribution is 7.71. The Balaban J connectivity index is 1.78. The normalized spacial score (nSPS) is 18.0. The molecule has 24 heavy (non-hydrogen) atoms. The zero-order valence-corrected chi connectivity index (χ0v) is 15.1. The summed E-state index contributed by atoms with van der Waals surface area (Å²) < 4.78 is 4.73. The Hall–Kier alpha value is -1.57. The van der Waals surface area contributed by atoms with Crippen LogP contribution in [0.15, 0.2) is 24.5 Å². The summed E-state index contributed by atoms with van der Waals surface area (Å²) in [6.45, 7) is 7.42. The van der Waals surface area contributed by atoms with Gasteiger partial charge in [-0.1, -0.05) is 0 Å². The fraction of sp³-hybridized carbons (Fsp3) is 0.588. The van der Waals surface area contributed by atoms with E-state index in [-0.39, 0.29) is 6.10 Å². The highest BCUT2D eigenvalue weighted by Gasteiger charge is 2.23. The van der Waals surface area contributed by atoms with Crippen LogP contribution in [0.4, 0.5) is 0 Å². The average molecular weight is 347 g/mol. The van der Waals surface area contributed by atoms with Crippen LogP contribution in [0.2, 0.25) is 0 Å². The maximum atomic E-state index is 9.73. The summed E-state index contributed by atoms with van der Waals surface area (Å²) in [4.78, 5) is 6.43. The summed E-state index contributed by atoms with van der Waals surface area (Å²) in [6.07, 6.45) is 5.39. The van der Waals surface area contributed by atoms with Crippen LogP contribution >= 0.6 is 12.2 Å². The largest absolute Gasteiger partial charge is 0.393 e. The van der Waals surface area contributed by atoms with Crippen LogP contribution in [0.1, 0.15) is 26.7 Å². The summed E-state index contributed by atoms with van der Waals surface area (Å²) in [5, 5.41) is 14.5. The van der Waals surface area contributed by atoms with Crippen LogP contribution in [0.25, 0.3) is 11.4 Å². The van der Waals surface area contributed by atoms with Gasteiger partial charge in [0.05, 0.1) is 12.8 Å². The Kier molecular flexibility index (Phi) is 5.43. The molecule has 1 aliphatic rings. The number of aliphatic hydroxyl groups excluding tert-OH is 1. The first kappa shape index (κ1) is 17.3. The number of hydrogen-bond donors (Lipinski definition) is 1. The highest BCUT2D eigenvalue weighted by atomic mass is 32.1. The number of aliphatic hydroxyl groups is 1. The van der Waals surface area contributed by atoms with Crippen molar-refractivity contribution in [3.63, 3.8) is 0 Å². The third-order valence-corrected chi connectivity index (χ3v) is 5.26. The van der Waals surface area contributed by atoms with Gasteiger partial charge in [-0.15, -0.1) is 0 Å². The van der Waals surface area contributed by atoms with E-state index in [9.17, 15) is 5.11 Å². The summed E-state index contributed by atoms with van der Waals surface area (Å²) in [7, 11) is 0. The smallest absolute Gasteiger partial charge is 0.199 e. The first-order valence-corrected chi connectivity index (χ1v) is 8.99. The van der Waals surface area contributed by atoms with E-state index in [0.717, 1.165) is 48.6 Å². The van der Waals surface area contributed by atoms with Gasteiger partial charge >= 0.3 is 0 Å². The molecule has 1 atom stereocenters. The lowest BCUT2D eigenvalue weighted by atomic mass is 9.92. The van der Waals surface area contributed by atoms with Crippen molar-refractivity contribution >= 4 is 12.2 Å². The van der Waals surface area contributed by atoms with Gasteiger partial charge in [0.1, 0.15) is 0 Å². The minimum absolute atomic E-state index is 0.216. The summed E-state index contributed by atoms with van der Waals surface area (Å²) in [5.74, 6) is 1.30. The quantitative estimate of drug-likeness (QED) is 0.843. The molecule has 1 aliphatic heterocycles. The van der Waals surface area contributed by atoms with E-state index < -0.39 is 0 Å². The second-order valence-corrected chi connectivity index (χ2v) is 6.79. The number of aromatic nitrogens is 4. The fourth-order valence-corrected chi connectivity index (χ4v) is 3.61. The van der Waals surface area contributed by atoms with Gasteiger partial charge in [0.2, 0.25) is 0 Å². The standard InChI is InChI=1S/C17H25N5OS/c1-3-21-16(15-4-8-18-9-5-15)19-22(17(21)24)12-20-10-6-14(7-11-20)13(2)23/h4-5,8-9,13-14,23H,3,6-7,10-12H2,1-2H3. The van der Waals surface area contributed by atoms with E-state index in [0.29, 0.717) is 12.6 Å². The lowest BCUT2D eigenvalue weighted by molar-refractivity contribution is 0.0591. The van der Waals surface area contributed by atoms with Crippen LogP contribution in [0.5, 0.6) is 0 Å². The second-order valence-electron chi connectivity index (χ2n) is 6.42. The molecule has 3 rings (SSSR count).